The van der Waals surface area contributed by atoms with Crippen molar-refractivity contribution in [3.05, 3.63) is 66.7 Å². The van der Waals surface area contributed by atoms with Gasteiger partial charge in [0.1, 0.15) is 5.82 Å². The second-order valence-electron chi connectivity index (χ2n) is 9.14. The molecule has 1 fully saturated rings. The highest BCUT2D eigenvalue weighted by Gasteiger charge is 2.39. The molecule has 0 spiro atoms. The Morgan fingerprint density at radius 2 is 2.06 bits per heavy atom. The normalized spacial score (nSPS) is 17.0. The summed E-state index contributed by atoms with van der Waals surface area (Å²) in [7, 11) is -1.53. The molecule has 1 saturated heterocycles. The van der Waals surface area contributed by atoms with Crippen molar-refractivity contribution < 1.29 is 17.7 Å². The molecule has 0 aliphatic carbocycles. The highest BCUT2D eigenvalue weighted by Crippen LogP contribution is 2.39. The van der Waals surface area contributed by atoms with E-state index in [-0.39, 0.29) is 25.3 Å². The second kappa shape index (κ2) is 9.67. The van der Waals surface area contributed by atoms with Crippen LogP contribution in [0.3, 0.4) is 0 Å². The van der Waals surface area contributed by atoms with Crippen molar-refractivity contribution in [2.24, 2.45) is 0 Å². The van der Waals surface area contributed by atoms with Crippen molar-refractivity contribution in [3.8, 4) is 11.3 Å². The largest absolute Gasteiger partial charge is 0.383 e. The Hall–Kier alpha value is -3.24. The fraction of sp³-hybridized carbons (Fsp3) is 0.346. The Labute approximate surface area is 209 Å². The van der Waals surface area contributed by atoms with Gasteiger partial charge in [-0.1, -0.05) is 18.2 Å². The van der Waals surface area contributed by atoms with Gasteiger partial charge in [-0.05, 0) is 30.3 Å². The van der Waals surface area contributed by atoms with Crippen LogP contribution in [-0.4, -0.2) is 57.2 Å². The van der Waals surface area contributed by atoms with Gasteiger partial charge in [-0.15, -0.1) is 0 Å². The van der Waals surface area contributed by atoms with Crippen LogP contribution in [0.5, 0.6) is 0 Å². The van der Waals surface area contributed by atoms with Crippen LogP contribution in [-0.2, 0) is 27.4 Å². The number of fused-ring (bicyclic) bond motifs is 1. The molecular formula is C26H29F2N5O2S. The van der Waals surface area contributed by atoms with Crippen molar-refractivity contribution in [2.45, 2.75) is 30.2 Å². The summed E-state index contributed by atoms with van der Waals surface area (Å²) in [6.07, 6.45) is 3.70. The van der Waals surface area contributed by atoms with E-state index in [9.17, 15) is 13.0 Å². The summed E-state index contributed by atoms with van der Waals surface area (Å²) in [6.45, 7) is 1.04. The van der Waals surface area contributed by atoms with Crippen LogP contribution in [0, 0.1) is 4.78 Å². The Bertz CT molecular complexity index is 1450. The highest BCUT2D eigenvalue weighted by molar-refractivity contribution is 7.92. The molecule has 0 radical (unpaired) electrons. The van der Waals surface area contributed by atoms with Crippen LogP contribution in [0.25, 0.3) is 22.2 Å². The summed E-state index contributed by atoms with van der Waals surface area (Å²) < 4.78 is 57.4. The van der Waals surface area contributed by atoms with E-state index in [1.807, 2.05) is 41.1 Å². The fourth-order valence-corrected chi connectivity index (χ4v) is 5.99. The number of nitrogens with zero attached hydrogens (tertiary/aromatic N) is 3. The smallest absolute Gasteiger partial charge is 0.266 e. The van der Waals surface area contributed by atoms with E-state index in [1.165, 1.54) is 0 Å². The number of benzene rings is 2. The molecule has 0 saturated carbocycles. The maximum Gasteiger partial charge on any atom is 0.266 e. The molecule has 36 heavy (non-hydrogen) atoms. The number of para-hydroxylation sites is 1. The molecule has 5 rings (SSSR count). The van der Waals surface area contributed by atoms with Gasteiger partial charge >= 0.3 is 0 Å². The summed E-state index contributed by atoms with van der Waals surface area (Å²) in [5.74, 6) is -1.90. The van der Waals surface area contributed by atoms with Gasteiger partial charge in [0.25, 0.3) is 5.92 Å². The number of rotatable bonds is 9. The minimum Gasteiger partial charge on any atom is -0.383 e. The average Bonchev–Trinajstić information content (AvgIpc) is 3.58. The lowest BCUT2D eigenvalue weighted by atomic mass is 10.1. The molecular weight excluding hydrogens is 484 g/mol. The van der Waals surface area contributed by atoms with Crippen molar-refractivity contribution in [1.29, 1.82) is 4.78 Å². The lowest BCUT2D eigenvalue weighted by molar-refractivity contribution is 0.0257. The van der Waals surface area contributed by atoms with E-state index < -0.39 is 15.7 Å². The Morgan fingerprint density at radius 3 is 2.81 bits per heavy atom. The van der Waals surface area contributed by atoms with Crippen LogP contribution >= 0.6 is 0 Å². The molecule has 4 aromatic rings. The molecule has 2 aromatic carbocycles. The summed E-state index contributed by atoms with van der Waals surface area (Å²) >= 11 is 0. The molecule has 1 aliphatic rings. The maximum absolute atomic E-state index is 14.1. The van der Waals surface area contributed by atoms with Crippen LogP contribution in [0.1, 0.15) is 12.2 Å². The maximum atomic E-state index is 14.1. The number of anilines is 1. The van der Waals surface area contributed by atoms with Crippen molar-refractivity contribution in [3.63, 3.8) is 0 Å². The zero-order chi connectivity index (χ0) is 25.3. The standard InChI is InChI=1S/C26H29F2N5O2S/c1-35-14-13-32-12-10-30-25(32)8-15-36(29,34)20-6-7-24(33-11-9-26(27,28)18-33)21(17-20)23-16-19-4-2-3-5-22(19)31-23/h2-7,10,12,16-17,29,31H,8-9,11,13-15,18H2,1H3/t36-/m1/s1. The minimum atomic E-state index is -3.16. The number of aromatic amines is 1. The van der Waals surface area contributed by atoms with Gasteiger partial charge in [0.05, 0.1) is 22.9 Å². The molecule has 7 nitrogen and oxygen atoms in total. The predicted octanol–water partition coefficient (Wildman–Crippen LogP) is 5.17. The summed E-state index contributed by atoms with van der Waals surface area (Å²) in [5, 5.41) is 0.991. The number of aryl methyl sites for hydroxylation is 1. The number of aromatic nitrogens is 3. The van der Waals surface area contributed by atoms with E-state index >= 15 is 0 Å². The second-order valence-corrected chi connectivity index (χ2v) is 11.4. The Balaban J connectivity index is 1.48. The highest BCUT2D eigenvalue weighted by atomic mass is 32.2. The van der Waals surface area contributed by atoms with Crippen LogP contribution in [0.2, 0.25) is 0 Å². The summed E-state index contributed by atoms with van der Waals surface area (Å²) in [6, 6.07) is 14.8. The zero-order valence-electron chi connectivity index (χ0n) is 20.0. The first-order chi connectivity index (χ1) is 17.3. The topological polar surface area (TPSA) is 87.0 Å². The third-order valence-electron chi connectivity index (χ3n) is 6.63. The van der Waals surface area contributed by atoms with Gasteiger partial charge in [-0.3, -0.25) is 0 Å². The number of ether oxygens (including phenoxy) is 1. The van der Waals surface area contributed by atoms with Gasteiger partial charge in [-0.2, -0.15) is 0 Å². The number of methoxy groups -OCH3 is 1. The first kappa shape index (κ1) is 24.5. The lowest BCUT2D eigenvalue weighted by Gasteiger charge is -2.22. The Kier molecular flexibility index (Phi) is 6.57. The number of imidazole rings is 1. The molecule has 0 unspecified atom stereocenters. The van der Waals surface area contributed by atoms with Crippen LogP contribution in [0.15, 0.2) is 65.8 Å². The monoisotopic (exact) mass is 513 g/mol. The van der Waals surface area contributed by atoms with E-state index in [2.05, 4.69) is 9.97 Å². The van der Waals surface area contributed by atoms with Crippen LogP contribution in [0.4, 0.5) is 14.5 Å². The van der Waals surface area contributed by atoms with Crippen molar-refractivity contribution >= 4 is 26.3 Å². The molecule has 10 heteroatoms. The van der Waals surface area contributed by atoms with E-state index in [4.69, 9.17) is 9.52 Å². The first-order valence-corrected chi connectivity index (χ1v) is 13.6. The number of nitrogens with one attached hydrogen (secondary N) is 2. The third kappa shape index (κ3) is 5.01. The molecule has 1 atom stereocenters. The Morgan fingerprint density at radius 1 is 1.22 bits per heavy atom. The van der Waals surface area contributed by atoms with Crippen molar-refractivity contribution in [2.75, 3.05) is 37.5 Å². The molecule has 0 amide bonds. The molecule has 1 aliphatic heterocycles. The molecule has 0 bridgehead atoms. The van der Waals surface area contributed by atoms with Gasteiger partial charge in [-0.25, -0.2) is 22.8 Å². The molecule has 2 N–H and O–H groups in total. The van der Waals surface area contributed by atoms with E-state index in [1.54, 1.807) is 36.4 Å². The molecule has 3 heterocycles. The first-order valence-electron chi connectivity index (χ1n) is 11.9. The zero-order valence-corrected chi connectivity index (χ0v) is 20.9. The number of alkyl halides is 2. The number of halogens is 2. The number of hydrogen-bond donors (Lipinski definition) is 2. The quantitative estimate of drug-likeness (QED) is 0.323. The van der Waals surface area contributed by atoms with Crippen molar-refractivity contribution in [1.82, 2.24) is 14.5 Å². The third-order valence-corrected chi connectivity index (χ3v) is 8.42. The minimum absolute atomic E-state index is 0.101. The van der Waals surface area contributed by atoms with Crippen LogP contribution < -0.4 is 4.90 Å². The predicted molar refractivity (Wildman–Crippen MR) is 137 cm³/mol. The summed E-state index contributed by atoms with van der Waals surface area (Å²) in [4.78, 5) is 9.76. The van der Waals surface area contributed by atoms with Gasteiger partial charge < -0.3 is 19.2 Å². The van der Waals surface area contributed by atoms with E-state index in [0.29, 0.717) is 35.7 Å². The molecule has 190 valence electrons. The van der Waals surface area contributed by atoms with Gasteiger partial charge in [0.2, 0.25) is 0 Å². The number of hydrogen-bond acceptors (Lipinski definition) is 5. The SMILES string of the molecule is COCCn1ccnc1CC[S@@](=N)(=O)c1ccc(N2CCC(F)(F)C2)c(-c2cc3ccccc3[nH]2)c1. The van der Waals surface area contributed by atoms with Gasteiger partial charge in [0, 0.05) is 83.9 Å². The number of H-pyrrole nitrogens is 1. The average molecular weight is 514 g/mol. The molecule has 2 aromatic heterocycles. The summed E-state index contributed by atoms with van der Waals surface area (Å²) in [5.41, 5.74) is 2.98. The van der Waals surface area contributed by atoms with E-state index in [0.717, 1.165) is 22.4 Å². The fourth-order valence-electron chi connectivity index (χ4n) is 4.69. The lowest BCUT2D eigenvalue weighted by Crippen LogP contribution is -2.25. The van der Waals surface area contributed by atoms with Gasteiger partial charge in [0.15, 0.2) is 0 Å².